The van der Waals surface area contributed by atoms with Gasteiger partial charge in [-0.1, -0.05) is 30.3 Å². The van der Waals surface area contributed by atoms with E-state index in [0.717, 1.165) is 42.3 Å². The van der Waals surface area contributed by atoms with Gasteiger partial charge >= 0.3 is 0 Å². The molecule has 4 aromatic carbocycles. The van der Waals surface area contributed by atoms with E-state index in [2.05, 4.69) is 10.2 Å². The van der Waals surface area contributed by atoms with Gasteiger partial charge in [-0.15, -0.1) is 0 Å². The van der Waals surface area contributed by atoms with Crippen LogP contribution in [-0.4, -0.2) is 40.7 Å². The van der Waals surface area contributed by atoms with Crippen molar-refractivity contribution in [1.82, 2.24) is 4.90 Å². The number of anilines is 1. The fraction of sp³-hybridized carbons (Fsp3) is 0.179. The molecule has 172 valence electrons. The minimum absolute atomic E-state index is 0.105. The van der Waals surface area contributed by atoms with Gasteiger partial charge in [0.15, 0.2) is 0 Å². The molecule has 0 bridgehead atoms. The van der Waals surface area contributed by atoms with Crippen LogP contribution in [0.4, 0.5) is 5.69 Å². The molecule has 0 radical (unpaired) electrons. The minimum Gasteiger partial charge on any atom is -0.508 e. The molecule has 0 saturated carbocycles. The number of nitrogens with one attached hydrogen (secondary N) is 1. The Bertz CT molecular complexity index is 1310. The van der Waals surface area contributed by atoms with Crippen LogP contribution >= 0.6 is 0 Å². The van der Waals surface area contributed by atoms with Gasteiger partial charge in [0.1, 0.15) is 23.0 Å². The van der Waals surface area contributed by atoms with Crippen LogP contribution in [0, 0.1) is 0 Å². The quantitative estimate of drug-likeness (QED) is 0.346. The molecule has 1 saturated heterocycles. The predicted octanol–water partition coefficient (Wildman–Crippen LogP) is 5.74. The number of hydrogen-bond acceptors (Lipinski definition) is 5. The molecule has 6 nitrogen and oxygen atoms in total. The molecule has 0 atom stereocenters. The molecule has 1 amide bonds. The lowest BCUT2D eigenvalue weighted by Crippen LogP contribution is -2.31. The maximum atomic E-state index is 13.0. The molecule has 34 heavy (non-hydrogen) atoms. The van der Waals surface area contributed by atoms with Crippen LogP contribution in [0.15, 0.2) is 78.9 Å². The van der Waals surface area contributed by atoms with Gasteiger partial charge in [-0.05, 0) is 85.4 Å². The standard InChI is InChI=1S/C28H26N2O4/c31-21-10-8-19(9-11-21)27-25(29-26(33)18-30-14-4-5-15-30)17-20-16-22(32)12-13-24(20)28(27)34-23-6-2-1-3-7-23/h1-3,6-13,16-17,31-32H,4-5,14-15,18H2,(H,29,33). The summed E-state index contributed by atoms with van der Waals surface area (Å²) >= 11 is 0. The van der Waals surface area contributed by atoms with Crippen molar-refractivity contribution < 1.29 is 19.7 Å². The van der Waals surface area contributed by atoms with Crippen molar-refractivity contribution in [3.05, 3.63) is 78.9 Å². The highest BCUT2D eigenvalue weighted by atomic mass is 16.5. The highest BCUT2D eigenvalue weighted by Crippen LogP contribution is 2.45. The summed E-state index contributed by atoms with van der Waals surface area (Å²) in [5.41, 5.74) is 2.07. The molecule has 4 aromatic rings. The van der Waals surface area contributed by atoms with Crippen molar-refractivity contribution >= 4 is 22.4 Å². The van der Waals surface area contributed by atoms with Crippen molar-refractivity contribution in [3.63, 3.8) is 0 Å². The summed E-state index contributed by atoms with van der Waals surface area (Å²) in [6.45, 7) is 2.17. The molecule has 1 heterocycles. The SMILES string of the molecule is O=C(CN1CCCC1)Nc1cc2cc(O)ccc2c(Oc2ccccc2)c1-c1ccc(O)cc1. The maximum Gasteiger partial charge on any atom is 0.238 e. The third-order valence-corrected chi connectivity index (χ3v) is 6.04. The normalized spacial score (nSPS) is 13.8. The molecule has 0 aromatic heterocycles. The maximum absolute atomic E-state index is 13.0. The van der Waals surface area contributed by atoms with Crippen LogP contribution in [0.5, 0.6) is 23.0 Å². The second-order valence-electron chi connectivity index (χ2n) is 8.53. The van der Waals surface area contributed by atoms with Gasteiger partial charge < -0.3 is 20.3 Å². The summed E-state index contributed by atoms with van der Waals surface area (Å²) < 4.78 is 6.40. The van der Waals surface area contributed by atoms with Crippen LogP contribution < -0.4 is 10.1 Å². The molecular weight excluding hydrogens is 428 g/mol. The van der Waals surface area contributed by atoms with E-state index in [0.29, 0.717) is 29.3 Å². The van der Waals surface area contributed by atoms with Crippen molar-refractivity contribution in [2.24, 2.45) is 0 Å². The first-order chi connectivity index (χ1) is 16.6. The highest BCUT2D eigenvalue weighted by molar-refractivity contribution is 6.06. The number of fused-ring (bicyclic) bond motifs is 1. The Morgan fingerprint density at radius 3 is 2.32 bits per heavy atom. The summed E-state index contributed by atoms with van der Waals surface area (Å²) in [7, 11) is 0. The predicted molar refractivity (Wildman–Crippen MR) is 134 cm³/mol. The highest BCUT2D eigenvalue weighted by Gasteiger charge is 2.21. The number of benzene rings is 4. The van der Waals surface area contributed by atoms with E-state index >= 15 is 0 Å². The molecule has 0 unspecified atom stereocenters. The number of carbonyl (C=O) groups excluding carboxylic acids is 1. The Kier molecular flexibility index (Phi) is 6.06. The number of carbonyl (C=O) groups is 1. The first-order valence-corrected chi connectivity index (χ1v) is 11.4. The first kappa shape index (κ1) is 21.8. The number of ether oxygens (including phenoxy) is 1. The topological polar surface area (TPSA) is 82.0 Å². The van der Waals surface area contributed by atoms with Crippen LogP contribution in [0.2, 0.25) is 0 Å². The molecule has 0 aliphatic carbocycles. The van der Waals surface area contributed by atoms with E-state index < -0.39 is 0 Å². The Labute approximate surface area is 198 Å². The summed E-state index contributed by atoms with van der Waals surface area (Å²) in [5.74, 6) is 1.39. The number of nitrogens with zero attached hydrogens (tertiary/aromatic N) is 1. The van der Waals surface area contributed by atoms with E-state index in [4.69, 9.17) is 4.74 Å². The Morgan fingerprint density at radius 2 is 1.59 bits per heavy atom. The number of aromatic hydroxyl groups is 2. The summed E-state index contributed by atoms with van der Waals surface area (Å²) in [6.07, 6.45) is 2.21. The van der Waals surface area contributed by atoms with Crippen LogP contribution in [0.1, 0.15) is 12.8 Å². The van der Waals surface area contributed by atoms with Gasteiger partial charge in [-0.25, -0.2) is 0 Å². The van der Waals surface area contributed by atoms with Gasteiger partial charge in [-0.2, -0.15) is 0 Å². The van der Waals surface area contributed by atoms with Gasteiger partial charge in [0.25, 0.3) is 0 Å². The van der Waals surface area contributed by atoms with Crippen molar-refractivity contribution in [2.45, 2.75) is 12.8 Å². The average Bonchev–Trinajstić information content (AvgIpc) is 3.33. The van der Waals surface area contributed by atoms with Gasteiger partial charge in [-0.3, -0.25) is 9.69 Å². The molecule has 5 rings (SSSR count). The van der Waals surface area contributed by atoms with E-state index in [-0.39, 0.29) is 17.4 Å². The van der Waals surface area contributed by atoms with Crippen molar-refractivity contribution in [2.75, 3.05) is 25.0 Å². The largest absolute Gasteiger partial charge is 0.508 e. The van der Waals surface area contributed by atoms with Crippen LogP contribution in [-0.2, 0) is 4.79 Å². The fourth-order valence-corrected chi connectivity index (χ4v) is 4.42. The number of para-hydroxylation sites is 1. The number of amides is 1. The molecule has 1 aliphatic heterocycles. The molecule has 1 aliphatic rings. The third kappa shape index (κ3) is 4.67. The van der Waals surface area contributed by atoms with E-state index in [1.165, 1.54) is 0 Å². The van der Waals surface area contributed by atoms with E-state index in [1.54, 1.807) is 36.4 Å². The lowest BCUT2D eigenvalue weighted by Gasteiger charge is -2.21. The Balaban J connectivity index is 1.67. The molecule has 1 fully saturated rings. The molecule has 6 heteroatoms. The lowest BCUT2D eigenvalue weighted by atomic mass is 9.96. The monoisotopic (exact) mass is 454 g/mol. The lowest BCUT2D eigenvalue weighted by molar-refractivity contribution is -0.117. The first-order valence-electron chi connectivity index (χ1n) is 11.4. The van der Waals surface area contributed by atoms with Crippen molar-refractivity contribution in [1.29, 1.82) is 0 Å². The second kappa shape index (κ2) is 9.45. The fourth-order valence-electron chi connectivity index (χ4n) is 4.42. The molecule has 3 N–H and O–H groups in total. The zero-order valence-electron chi connectivity index (χ0n) is 18.7. The van der Waals surface area contributed by atoms with Gasteiger partial charge in [0.05, 0.1) is 12.2 Å². The number of phenols is 2. The van der Waals surface area contributed by atoms with Crippen LogP contribution in [0.25, 0.3) is 21.9 Å². The third-order valence-electron chi connectivity index (χ3n) is 6.04. The second-order valence-corrected chi connectivity index (χ2v) is 8.53. The van der Waals surface area contributed by atoms with E-state index in [9.17, 15) is 15.0 Å². The van der Waals surface area contributed by atoms with Crippen molar-refractivity contribution in [3.8, 4) is 34.1 Å². The zero-order chi connectivity index (χ0) is 23.5. The Morgan fingerprint density at radius 1 is 0.882 bits per heavy atom. The number of likely N-dealkylation sites (tertiary alicyclic amines) is 1. The van der Waals surface area contributed by atoms with E-state index in [1.807, 2.05) is 42.5 Å². The number of phenolic OH excluding ortho intramolecular Hbond substituents is 2. The minimum atomic E-state index is -0.105. The van der Waals surface area contributed by atoms with Gasteiger partial charge in [0.2, 0.25) is 5.91 Å². The molecular formula is C28H26N2O4. The summed E-state index contributed by atoms with van der Waals surface area (Å²) in [5, 5.41) is 24.6. The summed E-state index contributed by atoms with van der Waals surface area (Å²) in [6, 6.07) is 23.2. The smallest absolute Gasteiger partial charge is 0.238 e. The van der Waals surface area contributed by atoms with Crippen LogP contribution in [0.3, 0.4) is 0 Å². The van der Waals surface area contributed by atoms with Gasteiger partial charge in [0, 0.05) is 10.9 Å². The Hall–Kier alpha value is -4.03. The molecule has 0 spiro atoms. The average molecular weight is 455 g/mol. The number of hydrogen-bond donors (Lipinski definition) is 3. The zero-order valence-corrected chi connectivity index (χ0v) is 18.7. The number of rotatable bonds is 6. The summed E-state index contributed by atoms with van der Waals surface area (Å²) in [4.78, 5) is 15.1.